The third-order valence-corrected chi connectivity index (χ3v) is 6.16. The number of aliphatic imine (C=N–C) groups is 1. The maximum absolute atomic E-state index is 6.26. The number of nitrogens with zero attached hydrogens (tertiary/aromatic N) is 5. The number of rotatable bonds is 1. The summed E-state index contributed by atoms with van der Waals surface area (Å²) in [6, 6.07) is 0.580. The van der Waals surface area contributed by atoms with Gasteiger partial charge in [-0.15, -0.1) is 0 Å². The summed E-state index contributed by atoms with van der Waals surface area (Å²) in [5.41, 5.74) is 0.506. The molecule has 4 aliphatic rings. The van der Waals surface area contributed by atoms with Crippen LogP contribution in [0.15, 0.2) is 15.8 Å². The Morgan fingerprint density at radius 1 is 1.35 bits per heavy atom. The van der Waals surface area contributed by atoms with Gasteiger partial charge in [-0.1, -0.05) is 11.3 Å². The fourth-order valence-electron chi connectivity index (χ4n) is 3.79. The lowest BCUT2D eigenvalue weighted by molar-refractivity contribution is -0.0829. The van der Waals surface area contributed by atoms with Gasteiger partial charge in [0.1, 0.15) is 10.2 Å². The highest BCUT2D eigenvalue weighted by Crippen LogP contribution is 2.41. The third kappa shape index (κ3) is 2.33. The average Bonchev–Trinajstić information content (AvgIpc) is 3.12. The zero-order valence-corrected chi connectivity index (χ0v) is 14.7. The van der Waals surface area contributed by atoms with Gasteiger partial charge in [0.2, 0.25) is 0 Å². The van der Waals surface area contributed by atoms with Gasteiger partial charge in [-0.2, -0.15) is 4.98 Å². The maximum Gasteiger partial charge on any atom is 0.291 e. The molecule has 2 aromatic rings. The van der Waals surface area contributed by atoms with E-state index in [2.05, 4.69) is 46.1 Å². The van der Waals surface area contributed by atoms with Crippen molar-refractivity contribution in [1.29, 1.82) is 0 Å². The van der Waals surface area contributed by atoms with Crippen molar-refractivity contribution in [2.45, 2.75) is 18.4 Å². The molecule has 9 heteroatoms. The molecule has 1 atom stereocenters. The minimum Gasteiger partial charge on any atom is -0.455 e. The van der Waals surface area contributed by atoms with Gasteiger partial charge in [-0.3, -0.25) is 10.2 Å². The molecule has 2 aromatic heterocycles. The Labute approximate surface area is 145 Å². The molecule has 0 unspecified atom stereocenters. The van der Waals surface area contributed by atoms with Gasteiger partial charge in [0, 0.05) is 12.5 Å². The van der Waals surface area contributed by atoms with Gasteiger partial charge in [0.25, 0.3) is 6.02 Å². The summed E-state index contributed by atoms with van der Waals surface area (Å²) in [5, 5.41) is 3.92. The summed E-state index contributed by atoms with van der Waals surface area (Å²) in [6.07, 6.45) is 4.08. The number of thiazole rings is 1. The van der Waals surface area contributed by atoms with Crippen molar-refractivity contribution in [3.8, 4) is 0 Å². The minimum atomic E-state index is -0.130. The van der Waals surface area contributed by atoms with Crippen LogP contribution in [0.2, 0.25) is 0 Å². The van der Waals surface area contributed by atoms with Crippen LogP contribution in [0, 0.1) is 5.92 Å². The van der Waals surface area contributed by atoms with Crippen LogP contribution >= 0.6 is 27.3 Å². The molecule has 0 aromatic carbocycles. The largest absolute Gasteiger partial charge is 0.455 e. The third-order valence-electron chi connectivity index (χ3n) is 4.92. The Kier molecular flexibility index (Phi) is 3.11. The van der Waals surface area contributed by atoms with Crippen molar-refractivity contribution in [3.05, 3.63) is 10.8 Å². The molecule has 3 fully saturated rings. The highest BCUT2D eigenvalue weighted by atomic mass is 79.9. The predicted octanol–water partition coefficient (Wildman–Crippen LogP) is 2.11. The van der Waals surface area contributed by atoms with Crippen molar-refractivity contribution in [1.82, 2.24) is 19.9 Å². The van der Waals surface area contributed by atoms with Crippen LogP contribution in [0.5, 0.6) is 0 Å². The van der Waals surface area contributed by atoms with Crippen LogP contribution in [-0.4, -0.2) is 57.7 Å². The van der Waals surface area contributed by atoms with E-state index in [4.69, 9.17) is 4.74 Å². The number of hydrogen-bond acceptors (Lipinski definition) is 8. The van der Waals surface area contributed by atoms with E-state index in [1.807, 2.05) is 0 Å². The van der Waals surface area contributed by atoms with Crippen LogP contribution in [0.1, 0.15) is 12.8 Å². The lowest BCUT2D eigenvalue weighted by Gasteiger charge is -2.50. The van der Waals surface area contributed by atoms with E-state index in [-0.39, 0.29) is 5.60 Å². The molecule has 6 rings (SSSR count). The van der Waals surface area contributed by atoms with Crippen molar-refractivity contribution >= 4 is 48.9 Å². The van der Waals surface area contributed by atoms with E-state index in [1.54, 1.807) is 6.20 Å². The zero-order chi connectivity index (χ0) is 15.4. The molecular formula is C14H15BrN6OS. The lowest BCUT2D eigenvalue weighted by Crippen LogP contribution is -2.61. The summed E-state index contributed by atoms with van der Waals surface area (Å²) in [6.45, 7) is 4.12. The van der Waals surface area contributed by atoms with Gasteiger partial charge in [-0.25, -0.2) is 15.0 Å². The van der Waals surface area contributed by atoms with Crippen molar-refractivity contribution in [2.24, 2.45) is 10.9 Å². The Hall–Kier alpha value is -1.32. The van der Waals surface area contributed by atoms with Gasteiger partial charge >= 0.3 is 0 Å². The highest BCUT2D eigenvalue weighted by Gasteiger charge is 2.51. The van der Waals surface area contributed by atoms with Gasteiger partial charge in [0.15, 0.2) is 15.6 Å². The molecule has 0 aliphatic carbocycles. The van der Waals surface area contributed by atoms with Crippen LogP contribution in [0.3, 0.4) is 0 Å². The van der Waals surface area contributed by atoms with E-state index in [0.29, 0.717) is 22.2 Å². The van der Waals surface area contributed by atoms with Gasteiger partial charge in [0.05, 0.1) is 12.7 Å². The van der Waals surface area contributed by atoms with Gasteiger partial charge in [-0.05, 0) is 41.9 Å². The molecule has 0 saturated carbocycles. The molecule has 7 nitrogen and oxygen atoms in total. The second-order valence-corrected chi connectivity index (χ2v) is 8.09. The Morgan fingerprint density at radius 3 is 3.00 bits per heavy atom. The number of piperidine rings is 3. The van der Waals surface area contributed by atoms with Crippen molar-refractivity contribution < 1.29 is 4.74 Å². The first-order chi connectivity index (χ1) is 11.2. The van der Waals surface area contributed by atoms with Crippen LogP contribution in [0.25, 0.3) is 10.5 Å². The quantitative estimate of drug-likeness (QED) is 0.797. The predicted molar refractivity (Wildman–Crippen MR) is 91.8 cm³/mol. The molecule has 3 saturated heterocycles. The number of anilines is 1. The topological polar surface area (TPSA) is 75.5 Å². The fourth-order valence-corrected chi connectivity index (χ4v) is 4.98. The van der Waals surface area contributed by atoms with Gasteiger partial charge < -0.3 is 4.74 Å². The molecule has 1 spiro atoms. The first kappa shape index (κ1) is 14.1. The molecule has 0 amide bonds. The van der Waals surface area contributed by atoms with E-state index >= 15 is 0 Å². The summed E-state index contributed by atoms with van der Waals surface area (Å²) in [7, 11) is 0. The van der Waals surface area contributed by atoms with E-state index in [0.717, 1.165) is 23.1 Å². The zero-order valence-electron chi connectivity index (χ0n) is 12.3. The summed E-state index contributed by atoms with van der Waals surface area (Å²) < 4.78 is 6.97. The Bertz CT molecular complexity index is 802. The number of fused-ring (bicyclic) bond motifs is 3. The number of nitrogens with one attached hydrogen (secondary N) is 1. The molecule has 1 N–H and O–H groups in total. The second kappa shape index (κ2) is 5.09. The first-order valence-electron chi connectivity index (χ1n) is 7.72. The van der Waals surface area contributed by atoms with Crippen molar-refractivity contribution in [2.75, 3.05) is 31.5 Å². The number of hydrogen-bond donors (Lipinski definition) is 1. The Morgan fingerprint density at radius 2 is 2.22 bits per heavy atom. The number of aromatic nitrogens is 3. The van der Waals surface area contributed by atoms with E-state index in [9.17, 15) is 0 Å². The maximum atomic E-state index is 6.26. The molecule has 6 heterocycles. The lowest BCUT2D eigenvalue weighted by atomic mass is 9.75. The SMILES string of the molecule is Brc1cnc2nc(NC3=NC[C@@]4(CN5CCC4CC5)O3)sc2n1. The number of halogens is 1. The smallest absolute Gasteiger partial charge is 0.291 e. The fraction of sp³-hybridized carbons (Fsp3) is 0.571. The number of amidine groups is 1. The van der Waals surface area contributed by atoms with Crippen LogP contribution in [0.4, 0.5) is 5.13 Å². The highest BCUT2D eigenvalue weighted by molar-refractivity contribution is 9.10. The minimum absolute atomic E-state index is 0.130. The molecular weight excluding hydrogens is 380 g/mol. The summed E-state index contributed by atoms with van der Waals surface area (Å²) in [4.78, 5) is 20.9. The normalized spacial score (nSPS) is 32.3. The number of ether oxygens (including phenoxy) is 1. The Balaban J connectivity index is 1.35. The standard InChI is InChI=1S/C14H15BrN6OS/c15-9-5-16-10-11(18-9)23-13(19-10)20-12-17-6-14(22-12)7-21-3-1-8(14)2-4-21/h5,8H,1-4,6-7H2,(H,16,17,19,20)/t14-/m0/s1. The summed E-state index contributed by atoms with van der Waals surface area (Å²) >= 11 is 4.78. The monoisotopic (exact) mass is 394 g/mol. The van der Waals surface area contributed by atoms with E-state index in [1.165, 1.54) is 37.3 Å². The summed E-state index contributed by atoms with van der Waals surface area (Å²) in [5.74, 6) is 0.616. The molecule has 120 valence electrons. The van der Waals surface area contributed by atoms with Crippen LogP contribution < -0.4 is 5.32 Å². The molecule has 0 radical (unpaired) electrons. The first-order valence-corrected chi connectivity index (χ1v) is 9.33. The second-order valence-electron chi connectivity index (χ2n) is 6.30. The average molecular weight is 395 g/mol. The molecule has 23 heavy (non-hydrogen) atoms. The molecule has 2 bridgehead atoms. The van der Waals surface area contributed by atoms with E-state index < -0.39 is 0 Å². The van der Waals surface area contributed by atoms with Crippen molar-refractivity contribution in [3.63, 3.8) is 0 Å². The molecule has 4 aliphatic heterocycles. The van der Waals surface area contributed by atoms with Crippen LogP contribution in [-0.2, 0) is 4.74 Å².